The van der Waals surface area contributed by atoms with Gasteiger partial charge in [-0.05, 0) is 37.9 Å². The summed E-state index contributed by atoms with van der Waals surface area (Å²) in [7, 11) is 4.98. The zero-order valence-electron chi connectivity index (χ0n) is 18.1. The summed E-state index contributed by atoms with van der Waals surface area (Å²) in [5.41, 5.74) is 1.20. The highest BCUT2D eigenvalue weighted by Gasteiger charge is 2.37. The number of para-hydroxylation sites is 1. The Hall–Kier alpha value is -2.28. The van der Waals surface area contributed by atoms with Crippen molar-refractivity contribution >= 4 is 11.9 Å². The van der Waals surface area contributed by atoms with Gasteiger partial charge in [-0.25, -0.2) is 0 Å². The molecule has 0 bridgehead atoms. The number of ether oxygens (including phenoxy) is 2. The Morgan fingerprint density at radius 1 is 1.24 bits per heavy atom. The molecule has 2 aliphatic rings. The van der Waals surface area contributed by atoms with E-state index in [9.17, 15) is 4.79 Å². The first-order valence-electron chi connectivity index (χ1n) is 10.5. The summed E-state index contributed by atoms with van der Waals surface area (Å²) in [6, 6.07) is 8.46. The van der Waals surface area contributed by atoms with Crippen molar-refractivity contribution in [1.29, 1.82) is 0 Å². The number of esters is 1. The fourth-order valence-electron chi connectivity index (χ4n) is 4.55. The lowest BCUT2D eigenvalue weighted by Crippen LogP contribution is -2.44. The molecule has 1 aromatic carbocycles. The van der Waals surface area contributed by atoms with Crippen LogP contribution < -0.4 is 10.1 Å². The van der Waals surface area contributed by atoms with E-state index >= 15 is 0 Å². The largest absolute Gasteiger partial charge is 0.496 e. The lowest BCUT2D eigenvalue weighted by molar-refractivity contribution is -0.145. The highest BCUT2D eigenvalue weighted by atomic mass is 16.5. The minimum Gasteiger partial charge on any atom is -0.496 e. The number of nitrogens with zero attached hydrogens (tertiary/aromatic N) is 3. The van der Waals surface area contributed by atoms with Crippen LogP contribution in [-0.2, 0) is 9.53 Å². The highest BCUT2D eigenvalue weighted by Crippen LogP contribution is 2.31. The normalized spacial score (nSPS) is 23.9. The molecule has 160 valence electrons. The molecule has 7 heteroatoms. The Morgan fingerprint density at radius 2 is 1.97 bits per heavy atom. The number of carbonyl (C=O) groups is 1. The van der Waals surface area contributed by atoms with E-state index in [0.717, 1.165) is 37.9 Å². The number of hydrogen-bond donors (Lipinski definition) is 1. The monoisotopic (exact) mass is 402 g/mol. The first-order valence-corrected chi connectivity index (χ1v) is 10.5. The van der Waals surface area contributed by atoms with Gasteiger partial charge in [0.05, 0.1) is 26.2 Å². The van der Waals surface area contributed by atoms with Crippen molar-refractivity contribution in [3.63, 3.8) is 0 Å². The van der Waals surface area contributed by atoms with Gasteiger partial charge >= 0.3 is 5.97 Å². The van der Waals surface area contributed by atoms with Gasteiger partial charge in [0, 0.05) is 32.2 Å². The second-order valence-electron chi connectivity index (χ2n) is 7.94. The van der Waals surface area contributed by atoms with Crippen LogP contribution in [0.1, 0.15) is 31.4 Å². The summed E-state index contributed by atoms with van der Waals surface area (Å²) in [5.74, 6) is 1.75. The van der Waals surface area contributed by atoms with Crippen molar-refractivity contribution in [2.75, 3.05) is 54.0 Å². The molecular formula is C22H34N4O3. The number of methoxy groups -OCH3 is 2. The molecule has 2 saturated heterocycles. The summed E-state index contributed by atoms with van der Waals surface area (Å²) in [4.78, 5) is 21.2. The number of likely N-dealkylation sites (tertiary alicyclic amines) is 2. The van der Waals surface area contributed by atoms with E-state index in [0.29, 0.717) is 6.54 Å². The second kappa shape index (κ2) is 9.96. The third-order valence-electron chi connectivity index (χ3n) is 6.16. The number of nitrogens with one attached hydrogen (secondary N) is 1. The molecule has 0 saturated carbocycles. The number of carbonyl (C=O) groups excluding carboxylic acids is 1. The van der Waals surface area contributed by atoms with E-state index < -0.39 is 0 Å². The molecule has 29 heavy (non-hydrogen) atoms. The van der Waals surface area contributed by atoms with Crippen LogP contribution in [0.25, 0.3) is 0 Å². The first kappa shape index (κ1) is 21.4. The Bertz CT molecular complexity index is 718. The Balaban J connectivity index is 1.72. The molecule has 0 aliphatic carbocycles. The molecule has 3 unspecified atom stereocenters. The summed E-state index contributed by atoms with van der Waals surface area (Å²) in [5, 5.41) is 3.56. The molecule has 0 radical (unpaired) electrons. The zero-order valence-corrected chi connectivity index (χ0v) is 18.1. The molecule has 3 atom stereocenters. The van der Waals surface area contributed by atoms with Gasteiger partial charge in [-0.2, -0.15) is 0 Å². The highest BCUT2D eigenvalue weighted by molar-refractivity contribution is 5.82. The fourth-order valence-corrected chi connectivity index (χ4v) is 4.55. The molecule has 2 aliphatic heterocycles. The van der Waals surface area contributed by atoms with Crippen molar-refractivity contribution in [3.05, 3.63) is 29.8 Å². The molecule has 0 amide bonds. The fraction of sp³-hybridized carbons (Fsp3) is 0.636. The summed E-state index contributed by atoms with van der Waals surface area (Å²) in [6.07, 6.45) is 2.45. The third kappa shape index (κ3) is 4.83. The van der Waals surface area contributed by atoms with Gasteiger partial charge in [0.1, 0.15) is 5.75 Å². The molecule has 0 aromatic heterocycles. The second-order valence-corrected chi connectivity index (χ2v) is 7.94. The van der Waals surface area contributed by atoms with Crippen LogP contribution >= 0.6 is 0 Å². The van der Waals surface area contributed by atoms with Gasteiger partial charge in [-0.3, -0.25) is 14.7 Å². The Kier molecular flexibility index (Phi) is 7.36. The van der Waals surface area contributed by atoms with Gasteiger partial charge < -0.3 is 19.7 Å². The van der Waals surface area contributed by atoms with E-state index in [1.807, 2.05) is 12.1 Å². The van der Waals surface area contributed by atoms with E-state index in [4.69, 9.17) is 9.47 Å². The van der Waals surface area contributed by atoms with Crippen LogP contribution in [0.4, 0.5) is 0 Å². The summed E-state index contributed by atoms with van der Waals surface area (Å²) < 4.78 is 10.6. The van der Waals surface area contributed by atoms with E-state index in [1.165, 1.54) is 25.5 Å². The number of benzene rings is 1. The van der Waals surface area contributed by atoms with Gasteiger partial charge in [0.25, 0.3) is 0 Å². The van der Waals surface area contributed by atoms with Crippen LogP contribution in [0.5, 0.6) is 5.75 Å². The molecule has 2 fully saturated rings. The van der Waals surface area contributed by atoms with E-state index in [-0.39, 0.29) is 23.8 Å². The maximum atomic E-state index is 12.0. The van der Waals surface area contributed by atoms with Gasteiger partial charge in [-0.1, -0.05) is 25.1 Å². The molecule has 7 nitrogen and oxygen atoms in total. The van der Waals surface area contributed by atoms with E-state index in [1.54, 1.807) is 14.2 Å². The molecule has 0 spiro atoms. The van der Waals surface area contributed by atoms with Gasteiger partial charge in [-0.15, -0.1) is 0 Å². The van der Waals surface area contributed by atoms with Crippen LogP contribution in [0.15, 0.2) is 29.3 Å². The van der Waals surface area contributed by atoms with E-state index in [2.05, 4.69) is 39.2 Å². The van der Waals surface area contributed by atoms with Crippen LogP contribution in [0.2, 0.25) is 0 Å². The van der Waals surface area contributed by atoms with Crippen LogP contribution in [-0.4, -0.2) is 75.7 Å². The lowest BCUT2D eigenvalue weighted by atomic mass is 9.99. The standard InChI is InChI=1S/C22H34N4O3/c1-16-14-26(15-18(16)21(27)29-4)22(23-2)24-13-19(25-11-7-8-12-25)17-9-5-6-10-20(17)28-3/h5-6,9-10,16,18-19H,7-8,11-15H2,1-4H3,(H,23,24). The predicted octanol–water partition coefficient (Wildman–Crippen LogP) is 2.15. The number of rotatable bonds is 6. The Morgan fingerprint density at radius 3 is 2.62 bits per heavy atom. The third-order valence-corrected chi connectivity index (χ3v) is 6.16. The first-order chi connectivity index (χ1) is 14.1. The smallest absolute Gasteiger partial charge is 0.310 e. The van der Waals surface area contributed by atoms with Gasteiger partial charge in [0.15, 0.2) is 5.96 Å². The van der Waals surface area contributed by atoms with Crippen molar-refractivity contribution < 1.29 is 14.3 Å². The molecule has 1 aromatic rings. The predicted molar refractivity (Wildman–Crippen MR) is 114 cm³/mol. The quantitative estimate of drug-likeness (QED) is 0.447. The average Bonchev–Trinajstić information content (AvgIpc) is 3.41. The maximum Gasteiger partial charge on any atom is 0.310 e. The lowest BCUT2D eigenvalue weighted by Gasteiger charge is -2.31. The topological polar surface area (TPSA) is 66.4 Å². The molecule has 2 heterocycles. The number of hydrogen-bond acceptors (Lipinski definition) is 5. The minimum atomic E-state index is -0.139. The van der Waals surface area contributed by atoms with Crippen LogP contribution in [0.3, 0.4) is 0 Å². The number of guanidine groups is 1. The van der Waals surface area contributed by atoms with Crippen molar-refractivity contribution in [3.8, 4) is 5.75 Å². The SMILES string of the molecule is CN=C(NCC(c1ccccc1OC)N1CCCC1)N1CC(C)C(C(=O)OC)C1. The Labute approximate surface area is 174 Å². The maximum absolute atomic E-state index is 12.0. The average molecular weight is 403 g/mol. The minimum absolute atomic E-state index is 0.109. The molecule has 1 N–H and O–H groups in total. The molecule has 3 rings (SSSR count). The van der Waals surface area contributed by atoms with Gasteiger partial charge in [0.2, 0.25) is 0 Å². The van der Waals surface area contributed by atoms with Crippen LogP contribution in [0, 0.1) is 11.8 Å². The summed E-state index contributed by atoms with van der Waals surface area (Å²) >= 11 is 0. The summed E-state index contributed by atoms with van der Waals surface area (Å²) in [6.45, 7) is 6.44. The van der Waals surface area contributed by atoms with Crippen molar-refractivity contribution in [1.82, 2.24) is 15.1 Å². The number of aliphatic imine (C=N–C) groups is 1. The van der Waals surface area contributed by atoms with Crippen molar-refractivity contribution in [2.24, 2.45) is 16.8 Å². The zero-order chi connectivity index (χ0) is 20.8. The molecular weight excluding hydrogens is 368 g/mol. The van der Waals surface area contributed by atoms with Crippen molar-refractivity contribution in [2.45, 2.75) is 25.8 Å².